The molecule has 1 saturated heterocycles. The average molecular weight is 288 g/mol. The van der Waals surface area contributed by atoms with Gasteiger partial charge in [0.2, 0.25) is 6.10 Å². The molecule has 3 rings (SSSR count). The van der Waals surface area contributed by atoms with E-state index in [1.807, 2.05) is 18.2 Å². The lowest BCUT2D eigenvalue weighted by atomic mass is 10.0. The van der Waals surface area contributed by atoms with Gasteiger partial charge in [0.05, 0.1) is 5.71 Å². The van der Waals surface area contributed by atoms with Crippen LogP contribution in [-0.2, 0) is 20.8 Å². The van der Waals surface area contributed by atoms with E-state index in [1.165, 1.54) is 5.56 Å². The second-order valence-corrected chi connectivity index (χ2v) is 5.51. The molecular formula is C16H20N2O3. The van der Waals surface area contributed by atoms with Gasteiger partial charge in [-0.2, -0.15) is 0 Å². The summed E-state index contributed by atoms with van der Waals surface area (Å²) in [6, 6.07) is 10.3. The molecule has 2 aliphatic heterocycles. The first-order valence-electron chi connectivity index (χ1n) is 7.45. The highest BCUT2D eigenvalue weighted by Crippen LogP contribution is 2.16. The van der Waals surface area contributed by atoms with Crippen LogP contribution < -0.4 is 5.32 Å². The van der Waals surface area contributed by atoms with Gasteiger partial charge in [0.1, 0.15) is 0 Å². The second kappa shape index (κ2) is 6.72. The van der Waals surface area contributed by atoms with Gasteiger partial charge in [-0.25, -0.2) is 0 Å². The largest absolute Gasteiger partial charge is 0.382 e. The molecule has 1 N–H and O–H groups in total. The van der Waals surface area contributed by atoms with Crippen molar-refractivity contribution >= 4 is 11.6 Å². The zero-order valence-electron chi connectivity index (χ0n) is 12.0. The molecule has 0 aliphatic carbocycles. The van der Waals surface area contributed by atoms with Gasteiger partial charge >= 0.3 is 0 Å². The summed E-state index contributed by atoms with van der Waals surface area (Å²) in [5, 5.41) is 7.09. The number of hydrogen-bond donors (Lipinski definition) is 1. The van der Waals surface area contributed by atoms with E-state index in [0.29, 0.717) is 19.6 Å². The summed E-state index contributed by atoms with van der Waals surface area (Å²) in [5.41, 5.74) is 2.11. The molecule has 1 unspecified atom stereocenters. The van der Waals surface area contributed by atoms with Gasteiger partial charge in [0.25, 0.3) is 5.91 Å². The van der Waals surface area contributed by atoms with Crippen molar-refractivity contribution in [3.63, 3.8) is 0 Å². The molecule has 0 spiro atoms. The van der Waals surface area contributed by atoms with E-state index >= 15 is 0 Å². The van der Waals surface area contributed by atoms with E-state index in [2.05, 4.69) is 22.6 Å². The monoisotopic (exact) mass is 288 g/mol. The number of benzene rings is 1. The smallest absolute Gasteiger partial charge is 0.264 e. The van der Waals surface area contributed by atoms with Crippen molar-refractivity contribution in [1.29, 1.82) is 0 Å². The Bertz CT molecular complexity index is 510. The highest BCUT2D eigenvalue weighted by atomic mass is 16.6. The van der Waals surface area contributed by atoms with Crippen LogP contribution in [-0.4, -0.2) is 37.0 Å². The first kappa shape index (κ1) is 14.1. The standard InChI is InChI=1S/C16H20N2O3/c19-16(17-13-6-8-20-9-7-13)15-11-14(18-21-15)10-12-4-2-1-3-5-12/h1-5,13,15H,6-11H2,(H,17,19). The molecule has 2 aliphatic rings. The molecule has 1 amide bonds. The SMILES string of the molecule is O=C(NC1CCOCC1)C1CC(Cc2ccccc2)=NO1. The second-order valence-electron chi connectivity index (χ2n) is 5.51. The fourth-order valence-corrected chi connectivity index (χ4v) is 2.64. The van der Waals surface area contributed by atoms with Crippen molar-refractivity contribution in [2.24, 2.45) is 5.16 Å². The number of ether oxygens (including phenoxy) is 1. The Morgan fingerprint density at radius 1 is 1.24 bits per heavy atom. The first-order chi connectivity index (χ1) is 10.3. The van der Waals surface area contributed by atoms with Crippen LogP contribution in [0.4, 0.5) is 0 Å². The topological polar surface area (TPSA) is 59.9 Å². The fourth-order valence-electron chi connectivity index (χ4n) is 2.64. The third-order valence-corrected chi connectivity index (χ3v) is 3.84. The van der Waals surface area contributed by atoms with Gasteiger partial charge in [-0.1, -0.05) is 35.5 Å². The maximum atomic E-state index is 12.2. The van der Waals surface area contributed by atoms with E-state index in [1.54, 1.807) is 0 Å². The van der Waals surface area contributed by atoms with E-state index in [4.69, 9.17) is 9.57 Å². The van der Waals surface area contributed by atoms with Crippen LogP contribution in [0.1, 0.15) is 24.8 Å². The van der Waals surface area contributed by atoms with Crippen molar-refractivity contribution in [3.05, 3.63) is 35.9 Å². The summed E-state index contributed by atoms with van der Waals surface area (Å²) >= 11 is 0. The van der Waals surface area contributed by atoms with Crippen molar-refractivity contribution in [2.75, 3.05) is 13.2 Å². The number of nitrogens with zero attached hydrogens (tertiary/aromatic N) is 1. The lowest BCUT2D eigenvalue weighted by molar-refractivity contribution is -0.132. The Balaban J connectivity index is 1.47. The van der Waals surface area contributed by atoms with E-state index in [0.717, 1.165) is 25.0 Å². The third-order valence-electron chi connectivity index (χ3n) is 3.84. The maximum absolute atomic E-state index is 12.2. The van der Waals surface area contributed by atoms with Gasteiger partial charge in [0, 0.05) is 32.1 Å². The molecule has 5 heteroatoms. The van der Waals surface area contributed by atoms with E-state index < -0.39 is 6.10 Å². The molecule has 1 aromatic carbocycles. The van der Waals surface area contributed by atoms with Crippen molar-refractivity contribution in [1.82, 2.24) is 5.32 Å². The number of carbonyl (C=O) groups is 1. The molecule has 0 radical (unpaired) electrons. The summed E-state index contributed by atoms with van der Waals surface area (Å²) in [5.74, 6) is -0.0614. The molecule has 0 aromatic heterocycles. The van der Waals surface area contributed by atoms with Crippen LogP contribution in [0.5, 0.6) is 0 Å². The Hall–Kier alpha value is -1.88. The molecule has 2 heterocycles. The highest BCUT2D eigenvalue weighted by molar-refractivity contribution is 5.94. The fraction of sp³-hybridized carbons (Fsp3) is 0.500. The van der Waals surface area contributed by atoms with Gasteiger partial charge < -0.3 is 14.9 Å². The molecule has 21 heavy (non-hydrogen) atoms. The molecule has 5 nitrogen and oxygen atoms in total. The molecular weight excluding hydrogens is 268 g/mol. The van der Waals surface area contributed by atoms with Crippen LogP contribution >= 0.6 is 0 Å². The van der Waals surface area contributed by atoms with Crippen molar-refractivity contribution in [3.8, 4) is 0 Å². The summed E-state index contributed by atoms with van der Waals surface area (Å²) in [4.78, 5) is 17.4. The summed E-state index contributed by atoms with van der Waals surface area (Å²) in [6.07, 6.45) is 2.57. The van der Waals surface area contributed by atoms with E-state index in [9.17, 15) is 4.79 Å². The highest BCUT2D eigenvalue weighted by Gasteiger charge is 2.29. The zero-order chi connectivity index (χ0) is 14.5. The third kappa shape index (κ3) is 3.82. The minimum Gasteiger partial charge on any atom is -0.382 e. The minimum absolute atomic E-state index is 0.0614. The van der Waals surface area contributed by atoms with Crippen LogP contribution in [0.2, 0.25) is 0 Å². The molecule has 0 saturated carbocycles. The number of hydrogen-bond acceptors (Lipinski definition) is 4. The summed E-state index contributed by atoms with van der Waals surface area (Å²) in [6.45, 7) is 1.43. The Labute approximate surface area is 124 Å². The lowest BCUT2D eigenvalue weighted by Crippen LogP contribution is -2.44. The van der Waals surface area contributed by atoms with Gasteiger partial charge in [-0.05, 0) is 18.4 Å². The molecule has 0 bridgehead atoms. The van der Waals surface area contributed by atoms with Crippen LogP contribution in [0.3, 0.4) is 0 Å². The normalized spacial score (nSPS) is 22.5. The van der Waals surface area contributed by atoms with Gasteiger partial charge in [-0.3, -0.25) is 4.79 Å². The van der Waals surface area contributed by atoms with Crippen LogP contribution in [0.25, 0.3) is 0 Å². The lowest BCUT2D eigenvalue weighted by Gasteiger charge is -2.23. The van der Waals surface area contributed by atoms with E-state index in [-0.39, 0.29) is 11.9 Å². The first-order valence-corrected chi connectivity index (χ1v) is 7.45. The summed E-state index contributed by atoms with van der Waals surface area (Å²) < 4.78 is 5.29. The van der Waals surface area contributed by atoms with Crippen LogP contribution in [0.15, 0.2) is 35.5 Å². The number of amides is 1. The Morgan fingerprint density at radius 2 is 2.00 bits per heavy atom. The molecule has 112 valence electrons. The quantitative estimate of drug-likeness (QED) is 0.917. The molecule has 1 fully saturated rings. The molecule has 1 atom stereocenters. The maximum Gasteiger partial charge on any atom is 0.264 e. The van der Waals surface area contributed by atoms with Gasteiger partial charge in [0.15, 0.2) is 0 Å². The van der Waals surface area contributed by atoms with Crippen molar-refractivity contribution < 1.29 is 14.4 Å². The number of oxime groups is 1. The van der Waals surface area contributed by atoms with Crippen LogP contribution in [0, 0.1) is 0 Å². The summed E-state index contributed by atoms with van der Waals surface area (Å²) in [7, 11) is 0. The Morgan fingerprint density at radius 3 is 2.76 bits per heavy atom. The molecule has 1 aromatic rings. The number of rotatable bonds is 4. The minimum atomic E-state index is -0.480. The average Bonchev–Trinajstić information content (AvgIpc) is 2.98. The predicted octanol–water partition coefficient (Wildman–Crippen LogP) is 1.67. The predicted molar refractivity (Wildman–Crippen MR) is 79.1 cm³/mol. The zero-order valence-corrected chi connectivity index (χ0v) is 12.0. The number of nitrogens with one attached hydrogen (secondary N) is 1. The Kier molecular flexibility index (Phi) is 4.50. The number of carbonyl (C=O) groups excluding carboxylic acids is 1. The van der Waals surface area contributed by atoms with Gasteiger partial charge in [-0.15, -0.1) is 0 Å². The van der Waals surface area contributed by atoms with Crippen molar-refractivity contribution in [2.45, 2.75) is 37.8 Å².